The maximum absolute atomic E-state index is 11.9. The van der Waals surface area contributed by atoms with Gasteiger partial charge in [-0.2, -0.15) is 0 Å². The smallest absolute Gasteiger partial charge is 0.322 e. The highest BCUT2D eigenvalue weighted by atomic mass is 16.5. The number of aromatic nitrogens is 1. The number of carbonyl (C=O) groups excluding carboxylic acids is 2. The minimum atomic E-state index is -1.47. The molecule has 1 fully saturated rings. The number of nitrogens with one attached hydrogen (secondary N) is 2. The van der Waals surface area contributed by atoms with E-state index in [4.69, 9.17) is 9.63 Å². The van der Waals surface area contributed by atoms with Crippen molar-refractivity contribution in [1.82, 2.24) is 15.8 Å². The summed E-state index contributed by atoms with van der Waals surface area (Å²) in [6.45, 7) is 5.63. The molecule has 1 aliphatic rings. The average molecular weight is 283 g/mol. The van der Waals surface area contributed by atoms with Gasteiger partial charge in [-0.25, -0.2) is 4.79 Å². The molecule has 0 aliphatic carbocycles. The topological polar surface area (TPSA) is 122 Å². The van der Waals surface area contributed by atoms with Gasteiger partial charge in [-0.05, 0) is 13.3 Å². The molecule has 8 heteroatoms. The lowest BCUT2D eigenvalue weighted by atomic mass is 9.89. The van der Waals surface area contributed by atoms with Crippen LogP contribution in [0.2, 0.25) is 0 Å². The van der Waals surface area contributed by atoms with E-state index in [1.54, 1.807) is 6.92 Å². The summed E-state index contributed by atoms with van der Waals surface area (Å²) in [6, 6.07) is 0.818. The molecule has 20 heavy (non-hydrogen) atoms. The summed E-state index contributed by atoms with van der Waals surface area (Å²) >= 11 is 0. The number of hydrogen-bond acceptors (Lipinski definition) is 5. The molecule has 1 atom stereocenters. The number of urea groups is 1. The van der Waals surface area contributed by atoms with Crippen molar-refractivity contribution in [3.8, 4) is 0 Å². The molecular weight excluding hydrogens is 266 g/mol. The zero-order chi connectivity index (χ0) is 15.3. The normalized spacial score (nSPS) is 20.8. The summed E-state index contributed by atoms with van der Waals surface area (Å²) in [7, 11) is 0. The molecule has 0 spiro atoms. The second kappa shape index (κ2) is 6.18. The summed E-state index contributed by atoms with van der Waals surface area (Å²) in [5.41, 5.74) is -1.27. The van der Waals surface area contributed by atoms with Crippen LogP contribution >= 0.6 is 0 Å². The van der Waals surface area contributed by atoms with Crippen LogP contribution in [-0.4, -0.2) is 28.2 Å². The first-order valence-corrected chi connectivity index (χ1v) is 6.23. The van der Waals surface area contributed by atoms with E-state index in [-0.39, 0.29) is 18.5 Å². The Labute approximate surface area is 115 Å². The van der Waals surface area contributed by atoms with E-state index in [2.05, 4.69) is 15.8 Å². The van der Waals surface area contributed by atoms with Crippen molar-refractivity contribution in [2.45, 2.75) is 39.2 Å². The molecule has 3 amide bonds. The first-order valence-electron chi connectivity index (χ1n) is 6.23. The molecule has 0 aromatic carbocycles. The van der Waals surface area contributed by atoms with Crippen LogP contribution in [0.4, 0.5) is 4.79 Å². The number of aryl methyl sites for hydroxylation is 1. The van der Waals surface area contributed by atoms with E-state index < -0.39 is 23.4 Å². The van der Waals surface area contributed by atoms with Gasteiger partial charge in [0.05, 0.1) is 0 Å². The molecule has 110 valence electrons. The van der Waals surface area contributed by atoms with Crippen molar-refractivity contribution in [3.05, 3.63) is 17.5 Å². The summed E-state index contributed by atoms with van der Waals surface area (Å²) < 4.78 is 4.86. The third kappa shape index (κ3) is 2.95. The van der Waals surface area contributed by atoms with E-state index in [0.29, 0.717) is 5.76 Å². The lowest BCUT2D eigenvalue weighted by molar-refractivity contribution is -0.137. The Morgan fingerprint density at radius 1 is 1.45 bits per heavy atom. The van der Waals surface area contributed by atoms with Gasteiger partial charge in [0.15, 0.2) is 5.54 Å². The molecule has 0 saturated carbocycles. The van der Waals surface area contributed by atoms with E-state index in [1.165, 1.54) is 6.07 Å². The van der Waals surface area contributed by atoms with Crippen molar-refractivity contribution in [2.24, 2.45) is 0 Å². The number of rotatable bonds is 4. The van der Waals surface area contributed by atoms with Gasteiger partial charge in [-0.3, -0.25) is 14.9 Å². The SMILES string of the molecule is CC.Cc1cc(C2(CCC(=O)O)NC(=O)NC2=O)no1. The number of aliphatic carboxylic acids is 1. The molecule has 0 bridgehead atoms. The maximum Gasteiger partial charge on any atom is 0.322 e. The number of carbonyl (C=O) groups is 3. The van der Waals surface area contributed by atoms with Crippen LogP contribution in [0.5, 0.6) is 0 Å². The van der Waals surface area contributed by atoms with Gasteiger partial charge in [0.1, 0.15) is 11.5 Å². The highest BCUT2D eigenvalue weighted by Crippen LogP contribution is 2.29. The molecule has 2 rings (SSSR count). The fraction of sp³-hybridized carbons (Fsp3) is 0.500. The second-order valence-electron chi connectivity index (χ2n) is 4.03. The predicted octanol–water partition coefficient (Wildman–Crippen LogP) is 0.909. The lowest BCUT2D eigenvalue weighted by Crippen LogP contribution is -2.44. The average Bonchev–Trinajstić information content (AvgIpc) is 2.94. The van der Waals surface area contributed by atoms with Crippen molar-refractivity contribution in [3.63, 3.8) is 0 Å². The van der Waals surface area contributed by atoms with Crippen LogP contribution in [0.15, 0.2) is 10.6 Å². The van der Waals surface area contributed by atoms with Crippen LogP contribution in [0.3, 0.4) is 0 Å². The van der Waals surface area contributed by atoms with Crippen molar-refractivity contribution < 1.29 is 24.0 Å². The molecule has 3 N–H and O–H groups in total. The van der Waals surface area contributed by atoms with Gasteiger partial charge >= 0.3 is 12.0 Å². The number of hydrogen-bond donors (Lipinski definition) is 3. The summed E-state index contributed by atoms with van der Waals surface area (Å²) in [6.07, 6.45) is -0.370. The third-order valence-electron chi connectivity index (χ3n) is 2.72. The summed E-state index contributed by atoms with van der Waals surface area (Å²) in [5.74, 6) is -1.22. The number of imide groups is 1. The third-order valence-corrected chi connectivity index (χ3v) is 2.72. The minimum Gasteiger partial charge on any atom is -0.481 e. The van der Waals surface area contributed by atoms with Gasteiger partial charge in [0, 0.05) is 12.5 Å². The van der Waals surface area contributed by atoms with Gasteiger partial charge in [0.2, 0.25) is 0 Å². The standard InChI is InChI=1S/C10H11N3O5.C2H6/c1-5-4-6(13-18-5)10(3-2-7(14)15)8(16)11-9(17)12-10;1-2/h4H,2-3H2,1H3,(H,14,15)(H2,11,12,16,17);1-2H3. The van der Waals surface area contributed by atoms with Gasteiger partial charge in [0.25, 0.3) is 5.91 Å². The first-order chi connectivity index (χ1) is 9.44. The van der Waals surface area contributed by atoms with E-state index in [0.717, 1.165) is 0 Å². The van der Waals surface area contributed by atoms with Crippen LogP contribution in [0, 0.1) is 6.92 Å². The zero-order valence-corrected chi connectivity index (χ0v) is 11.5. The Morgan fingerprint density at radius 3 is 2.50 bits per heavy atom. The number of carboxylic acid groups (broad SMARTS) is 1. The Morgan fingerprint density at radius 2 is 2.10 bits per heavy atom. The fourth-order valence-electron chi connectivity index (χ4n) is 1.84. The number of nitrogens with zero attached hydrogens (tertiary/aromatic N) is 1. The van der Waals surface area contributed by atoms with Crippen molar-refractivity contribution in [1.29, 1.82) is 0 Å². The lowest BCUT2D eigenvalue weighted by Gasteiger charge is -2.22. The van der Waals surface area contributed by atoms with Gasteiger partial charge < -0.3 is 14.9 Å². The Kier molecular flexibility index (Phi) is 4.84. The largest absolute Gasteiger partial charge is 0.481 e. The molecule has 1 aromatic rings. The quantitative estimate of drug-likeness (QED) is 0.706. The fourth-order valence-corrected chi connectivity index (χ4v) is 1.84. The molecule has 0 radical (unpaired) electrons. The Bertz CT molecular complexity index is 525. The zero-order valence-electron chi connectivity index (χ0n) is 11.5. The molecule has 1 aromatic heterocycles. The van der Waals surface area contributed by atoms with E-state index in [1.807, 2.05) is 13.8 Å². The molecule has 1 saturated heterocycles. The highest BCUT2D eigenvalue weighted by Gasteiger charge is 2.49. The van der Waals surface area contributed by atoms with E-state index >= 15 is 0 Å². The Hall–Kier alpha value is -2.38. The molecule has 1 aliphatic heterocycles. The van der Waals surface area contributed by atoms with Crippen LogP contribution < -0.4 is 10.6 Å². The maximum atomic E-state index is 11.9. The highest BCUT2D eigenvalue weighted by molar-refractivity contribution is 6.07. The molecule has 2 heterocycles. The van der Waals surface area contributed by atoms with E-state index in [9.17, 15) is 14.4 Å². The van der Waals surface area contributed by atoms with Crippen LogP contribution in [0.1, 0.15) is 38.1 Å². The van der Waals surface area contributed by atoms with Crippen molar-refractivity contribution in [2.75, 3.05) is 0 Å². The van der Waals surface area contributed by atoms with Gasteiger partial charge in [-0.15, -0.1) is 0 Å². The predicted molar refractivity (Wildman–Crippen MR) is 67.8 cm³/mol. The number of carboxylic acids is 1. The Balaban J connectivity index is 0.000000956. The number of amides is 3. The molecular formula is C12H17N3O5. The van der Waals surface area contributed by atoms with Crippen molar-refractivity contribution >= 4 is 17.9 Å². The van der Waals surface area contributed by atoms with Gasteiger partial charge in [-0.1, -0.05) is 19.0 Å². The van der Waals surface area contributed by atoms with Crippen LogP contribution in [0.25, 0.3) is 0 Å². The summed E-state index contributed by atoms with van der Waals surface area (Å²) in [4.78, 5) is 33.7. The molecule has 1 unspecified atom stereocenters. The first kappa shape index (κ1) is 15.7. The second-order valence-corrected chi connectivity index (χ2v) is 4.03. The monoisotopic (exact) mass is 283 g/mol. The molecule has 8 nitrogen and oxygen atoms in total. The minimum absolute atomic E-state index is 0.0914. The van der Waals surface area contributed by atoms with Crippen LogP contribution in [-0.2, 0) is 15.1 Å². The summed E-state index contributed by atoms with van der Waals surface area (Å²) in [5, 5.41) is 16.9.